The Morgan fingerprint density at radius 2 is 1.67 bits per heavy atom. The van der Waals surface area contributed by atoms with E-state index < -0.39 is 10.0 Å². The Bertz CT molecular complexity index is 919. The van der Waals surface area contributed by atoms with E-state index in [-0.39, 0.29) is 18.5 Å². The molecule has 1 fully saturated rings. The second-order valence-corrected chi connectivity index (χ2v) is 9.20. The maximum absolute atomic E-state index is 13.1. The van der Waals surface area contributed by atoms with Crippen LogP contribution in [0.4, 0.5) is 5.69 Å². The van der Waals surface area contributed by atoms with Crippen LogP contribution >= 0.6 is 0 Å². The summed E-state index contributed by atoms with van der Waals surface area (Å²) in [5.74, 6) is -0.160. The highest BCUT2D eigenvalue weighted by atomic mass is 32.2. The van der Waals surface area contributed by atoms with Crippen molar-refractivity contribution in [2.45, 2.75) is 39.3 Å². The molecule has 0 bridgehead atoms. The second-order valence-electron chi connectivity index (χ2n) is 7.29. The fraction of sp³-hybridized carbons (Fsp3) is 0.381. The van der Waals surface area contributed by atoms with Crippen LogP contribution in [0.15, 0.2) is 48.5 Å². The van der Waals surface area contributed by atoms with Gasteiger partial charge in [0.15, 0.2) is 0 Å². The predicted molar refractivity (Wildman–Crippen MR) is 108 cm³/mol. The summed E-state index contributed by atoms with van der Waals surface area (Å²) in [4.78, 5) is 14.9. The number of hydrogen-bond acceptors (Lipinski definition) is 3. The van der Waals surface area contributed by atoms with Gasteiger partial charge in [0, 0.05) is 12.6 Å². The van der Waals surface area contributed by atoms with Gasteiger partial charge in [0.25, 0.3) is 0 Å². The number of para-hydroxylation sites is 1. The Morgan fingerprint density at radius 3 is 2.22 bits per heavy atom. The van der Waals surface area contributed by atoms with Crippen molar-refractivity contribution in [1.29, 1.82) is 0 Å². The number of hydrogen-bond donors (Lipinski definition) is 0. The Balaban J connectivity index is 1.82. The molecule has 1 saturated carbocycles. The molecule has 1 aliphatic carbocycles. The van der Waals surface area contributed by atoms with Gasteiger partial charge in [-0.1, -0.05) is 48.0 Å². The highest BCUT2D eigenvalue weighted by molar-refractivity contribution is 7.92. The van der Waals surface area contributed by atoms with E-state index in [9.17, 15) is 13.2 Å². The molecule has 2 aromatic carbocycles. The Hall–Kier alpha value is -2.34. The zero-order chi connectivity index (χ0) is 19.6. The van der Waals surface area contributed by atoms with Crippen LogP contribution in [-0.4, -0.2) is 38.1 Å². The first kappa shape index (κ1) is 19.4. The monoisotopic (exact) mass is 386 g/mol. The van der Waals surface area contributed by atoms with Gasteiger partial charge in [-0.15, -0.1) is 0 Å². The Kier molecular flexibility index (Phi) is 5.56. The first-order chi connectivity index (χ1) is 12.8. The van der Waals surface area contributed by atoms with E-state index in [1.165, 1.54) is 9.87 Å². The largest absolute Gasteiger partial charge is 0.334 e. The van der Waals surface area contributed by atoms with Crippen LogP contribution in [0.5, 0.6) is 0 Å². The van der Waals surface area contributed by atoms with Crippen molar-refractivity contribution in [3.05, 3.63) is 65.2 Å². The Labute approximate surface area is 161 Å². The van der Waals surface area contributed by atoms with E-state index in [1.54, 1.807) is 12.1 Å². The molecular formula is C21H26N2O3S. The van der Waals surface area contributed by atoms with E-state index in [1.807, 2.05) is 55.1 Å². The number of anilines is 1. The molecule has 0 atom stereocenters. The van der Waals surface area contributed by atoms with Gasteiger partial charge < -0.3 is 4.90 Å². The van der Waals surface area contributed by atoms with Crippen molar-refractivity contribution >= 4 is 21.6 Å². The van der Waals surface area contributed by atoms with Crippen molar-refractivity contribution < 1.29 is 13.2 Å². The fourth-order valence-electron chi connectivity index (χ4n) is 3.14. The van der Waals surface area contributed by atoms with Crippen LogP contribution in [0, 0.1) is 13.8 Å². The lowest BCUT2D eigenvalue weighted by Gasteiger charge is -2.28. The lowest BCUT2D eigenvalue weighted by Crippen LogP contribution is -2.43. The van der Waals surface area contributed by atoms with Gasteiger partial charge in [-0.2, -0.15) is 0 Å². The van der Waals surface area contributed by atoms with Crippen LogP contribution < -0.4 is 4.31 Å². The third kappa shape index (κ3) is 4.89. The molecule has 3 rings (SSSR count). The third-order valence-electron chi connectivity index (χ3n) is 4.84. The molecule has 0 aromatic heterocycles. The molecular weight excluding hydrogens is 360 g/mol. The summed E-state index contributed by atoms with van der Waals surface area (Å²) in [7, 11) is -3.57. The van der Waals surface area contributed by atoms with Gasteiger partial charge in [0.05, 0.1) is 11.9 Å². The minimum Gasteiger partial charge on any atom is -0.334 e. The highest BCUT2D eigenvalue weighted by Gasteiger charge is 2.34. The van der Waals surface area contributed by atoms with Gasteiger partial charge in [-0.05, 0) is 43.9 Å². The number of benzene rings is 2. The number of nitrogens with zero attached hydrogens (tertiary/aromatic N) is 2. The van der Waals surface area contributed by atoms with Crippen LogP contribution in [-0.2, 0) is 21.4 Å². The first-order valence-electron chi connectivity index (χ1n) is 9.14. The topological polar surface area (TPSA) is 57.7 Å². The zero-order valence-electron chi connectivity index (χ0n) is 16.1. The molecule has 6 heteroatoms. The van der Waals surface area contributed by atoms with Crippen molar-refractivity contribution in [2.24, 2.45) is 0 Å². The number of amides is 1. The lowest BCUT2D eigenvalue weighted by molar-refractivity contribution is -0.130. The van der Waals surface area contributed by atoms with Crippen LogP contribution in [0.3, 0.4) is 0 Å². The van der Waals surface area contributed by atoms with Crippen molar-refractivity contribution in [2.75, 3.05) is 17.1 Å². The van der Waals surface area contributed by atoms with Crippen LogP contribution in [0.2, 0.25) is 0 Å². The fourth-order valence-corrected chi connectivity index (χ4v) is 4.04. The normalized spacial score (nSPS) is 14.0. The van der Waals surface area contributed by atoms with Crippen molar-refractivity contribution in [1.82, 2.24) is 4.90 Å². The minimum absolute atomic E-state index is 0.160. The maximum Gasteiger partial charge on any atom is 0.243 e. The third-order valence-corrected chi connectivity index (χ3v) is 5.97. The summed E-state index contributed by atoms with van der Waals surface area (Å²) in [6, 6.07) is 15.5. The van der Waals surface area contributed by atoms with E-state index >= 15 is 0 Å². The van der Waals surface area contributed by atoms with Crippen LogP contribution in [0.1, 0.15) is 29.5 Å². The molecule has 5 nitrogen and oxygen atoms in total. The van der Waals surface area contributed by atoms with E-state index in [0.29, 0.717) is 12.2 Å². The minimum atomic E-state index is -3.57. The molecule has 1 amide bonds. The second kappa shape index (κ2) is 7.72. The van der Waals surface area contributed by atoms with E-state index in [4.69, 9.17) is 0 Å². The average molecular weight is 387 g/mol. The number of rotatable bonds is 7. The molecule has 144 valence electrons. The molecule has 0 unspecified atom stereocenters. The number of carbonyl (C=O) groups excluding carboxylic acids is 1. The summed E-state index contributed by atoms with van der Waals surface area (Å²) in [5.41, 5.74) is 3.61. The predicted octanol–water partition coefficient (Wildman–Crippen LogP) is 3.26. The van der Waals surface area contributed by atoms with Crippen molar-refractivity contribution in [3.63, 3.8) is 0 Å². The van der Waals surface area contributed by atoms with Gasteiger partial charge in [0.2, 0.25) is 15.9 Å². The highest BCUT2D eigenvalue weighted by Crippen LogP contribution is 2.30. The van der Waals surface area contributed by atoms with Crippen LogP contribution in [0.25, 0.3) is 0 Å². The standard InChI is InChI=1S/C21H26N2O3S/c1-16-8-10-18(11-9-16)14-22(19-12-13-19)21(24)15-23(27(3,25)26)20-7-5-4-6-17(20)2/h4-11,19H,12-15H2,1-3H3. The summed E-state index contributed by atoms with van der Waals surface area (Å²) >= 11 is 0. The number of sulfonamides is 1. The smallest absolute Gasteiger partial charge is 0.243 e. The maximum atomic E-state index is 13.1. The van der Waals surface area contributed by atoms with Gasteiger partial charge in [-0.3, -0.25) is 9.10 Å². The zero-order valence-corrected chi connectivity index (χ0v) is 16.9. The molecule has 2 aromatic rings. The van der Waals surface area contributed by atoms with Gasteiger partial charge in [0.1, 0.15) is 6.54 Å². The van der Waals surface area contributed by atoms with Gasteiger partial charge >= 0.3 is 0 Å². The molecule has 0 N–H and O–H groups in total. The number of aryl methyl sites for hydroxylation is 2. The summed E-state index contributed by atoms with van der Waals surface area (Å²) in [5, 5.41) is 0. The molecule has 0 radical (unpaired) electrons. The molecule has 0 saturated heterocycles. The molecule has 0 aliphatic heterocycles. The van der Waals surface area contributed by atoms with E-state index in [2.05, 4.69) is 0 Å². The molecule has 27 heavy (non-hydrogen) atoms. The average Bonchev–Trinajstić information content (AvgIpc) is 3.44. The SMILES string of the molecule is Cc1ccc(CN(C(=O)CN(c2ccccc2C)S(C)(=O)=O)C2CC2)cc1. The first-order valence-corrected chi connectivity index (χ1v) is 11.0. The lowest BCUT2D eigenvalue weighted by atomic mass is 10.1. The summed E-state index contributed by atoms with van der Waals surface area (Å²) < 4.78 is 26.0. The molecule has 1 aliphatic rings. The Morgan fingerprint density at radius 1 is 1.04 bits per heavy atom. The quantitative estimate of drug-likeness (QED) is 0.734. The van der Waals surface area contributed by atoms with Gasteiger partial charge in [-0.25, -0.2) is 8.42 Å². The molecule has 0 heterocycles. The van der Waals surface area contributed by atoms with Crippen molar-refractivity contribution in [3.8, 4) is 0 Å². The summed E-state index contributed by atoms with van der Waals surface area (Å²) in [6.07, 6.45) is 3.09. The van der Waals surface area contributed by atoms with E-state index in [0.717, 1.165) is 30.2 Å². The summed E-state index contributed by atoms with van der Waals surface area (Å²) in [6.45, 7) is 4.21. The number of carbonyl (C=O) groups is 1. The molecule has 0 spiro atoms.